The number of fused-ring (bicyclic) bond motifs is 1. The molecule has 0 spiro atoms. The number of hydrogen-bond acceptors (Lipinski definition) is 3. The lowest BCUT2D eigenvalue weighted by molar-refractivity contribution is -0.122. The molecule has 1 atom stereocenters. The van der Waals surface area contributed by atoms with Gasteiger partial charge in [0.25, 0.3) is 5.91 Å². The number of hydrogen-bond donors (Lipinski definition) is 3. The lowest BCUT2D eigenvalue weighted by atomic mass is 10.2. The molecule has 3 rings (SSSR count). The molecule has 2 aromatic rings. The summed E-state index contributed by atoms with van der Waals surface area (Å²) in [6.07, 6.45) is -0.535. The third-order valence-corrected chi connectivity index (χ3v) is 3.49. The van der Waals surface area contributed by atoms with Crippen LogP contribution in [0.15, 0.2) is 42.5 Å². The number of urea groups is 1. The first kappa shape index (κ1) is 15.2. The van der Waals surface area contributed by atoms with Crippen molar-refractivity contribution in [2.75, 3.05) is 16.0 Å². The molecule has 0 saturated heterocycles. The average Bonchev–Trinajstić information content (AvgIpc) is 2.48. The minimum Gasteiger partial charge on any atom is -0.479 e. The van der Waals surface area contributed by atoms with Crippen LogP contribution in [-0.4, -0.2) is 18.0 Å². The molecule has 23 heavy (non-hydrogen) atoms. The van der Waals surface area contributed by atoms with E-state index in [0.29, 0.717) is 27.8 Å². The summed E-state index contributed by atoms with van der Waals surface area (Å²) in [7, 11) is 0. The Hall–Kier alpha value is -2.73. The third kappa shape index (κ3) is 3.54. The number of rotatable bonds is 2. The maximum atomic E-state index is 12.0. The van der Waals surface area contributed by atoms with Gasteiger partial charge in [0.15, 0.2) is 6.10 Å². The Balaban J connectivity index is 1.70. The zero-order chi connectivity index (χ0) is 16.4. The second-order valence-corrected chi connectivity index (χ2v) is 5.49. The van der Waals surface area contributed by atoms with E-state index in [4.69, 9.17) is 16.3 Å². The summed E-state index contributed by atoms with van der Waals surface area (Å²) < 4.78 is 5.46. The van der Waals surface area contributed by atoms with Crippen molar-refractivity contribution in [2.45, 2.75) is 13.0 Å². The molecule has 118 valence electrons. The number of benzene rings is 2. The van der Waals surface area contributed by atoms with E-state index in [9.17, 15) is 9.59 Å². The Morgan fingerprint density at radius 2 is 1.91 bits per heavy atom. The van der Waals surface area contributed by atoms with E-state index in [1.165, 1.54) is 0 Å². The summed E-state index contributed by atoms with van der Waals surface area (Å²) in [6, 6.07) is 11.4. The van der Waals surface area contributed by atoms with Gasteiger partial charge >= 0.3 is 6.03 Å². The van der Waals surface area contributed by atoms with Gasteiger partial charge in [0, 0.05) is 16.4 Å². The van der Waals surface area contributed by atoms with Crippen molar-refractivity contribution < 1.29 is 14.3 Å². The Labute approximate surface area is 137 Å². The summed E-state index contributed by atoms with van der Waals surface area (Å²) in [5, 5.41) is 8.62. The number of amides is 3. The summed E-state index contributed by atoms with van der Waals surface area (Å²) in [5.41, 5.74) is 1.63. The van der Waals surface area contributed by atoms with Crippen molar-refractivity contribution in [3.63, 3.8) is 0 Å². The van der Waals surface area contributed by atoms with Crippen LogP contribution in [0.5, 0.6) is 5.75 Å². The van der Waals surface area contributed by atoms with Gasteiger partial charge < -0.3 is 20.7 Å². The standard InChI is InChI=1S/C16H14ClN3O3/c1-9-15(21)20-13-8-12(5-6-14(13)23-9)19-16(22)18-11-4-2-3-10(17)7-11/h2-9H,1H3,(H,20,21)(H2,18,19,22). The fraction of sp³-hybridized carbons (Fsp3) is 0.125. The fourth-order valence-electron chi connectivity index (χ4n) is 2.15. The summed E-state index contributed by atoms with van der Waals surface area (Å²) in [5.74, 6) is 0.343. The normalized spacial score (nSPS) is 15.9. The van der Waals surface area contributed by atoms with Crippen LogP contribution in [0.1, 0.15) is 6.92 Å². The highest BCUT2D eigenvalue weighted by Gasteiger charge is 2.23. The van der Waals surface area contributed by atoms with Crippen LogP contribution in [0.2, 0.25) is 5.02 Å². The molecule has 0 saturated carbocycles. The second-order valence-electron chi connectivity index (χ2n) is 5.05. The lowest BCUT2D eigenvalue weighted by Gasteiger charge is -2.23. The van der Waals surface area contributed by atoms with E-state index in [0.717, 1.165) is 0 Å². The predicted octanol–water partition coefficient (Wildman–Crippen LogP) is 3.70. The van der Waals surface area contributed by atoms with Gasteiger partial charge in [-0.05, 0) is 43.3 Å². The molecule has 1 unspecified atom stereocenters. The van der Waals surface area contributed by atoms with Crippen LogP contribution in [0.4, 0.5) is 21.9 Å². The van der Waals surface area contributed by atoms with Crippen LogP contribution >= 0.6 is 11.6 Å². The average molecular weight is 332 g/mol. The smallest absolute Gasteiger partial charge is 0.323 e. The zero-order valence-corrected chi connectivity index (χ0v) is 13.0. The van der Waals surface area contributed by atoms with Crippen molar-refractivity contribution in [2.24, 2.45) is 0 Å². The molecular weight excluding hydrogens is 318 g/mol. The largest absolute Gasteiger partial charge is 0.479 e. The first-order valence-electron chi connectivity index (χ1n) is 6.96. The van der Waals surface area contributed by atoms with Crippen molar-refractivity contribution in [3.8, 4) is 5.75 Å². The van der Waals surface area contributed by atoms with Crippen LogP contribution < -0.4 is 20.7 Å². The van der Waals surface area contributed by atoms with Gasteiger partial charge in [-0.1, -0.05) is 17.7 Å². The molecule has 3 amide bonds. The molecule has 0 bridgehead atoms. The quantitative estimate of drug-likeness (QED) is 0.785. The van der Waals surface area contributed by atoms with E-state index in [1.54, 1.807) is 49.4 Å². The van der Waals surface area contributed by atoms with Gasteiger partial charge in [0.2, 0.25) is 0 Å². The first-order chi connectivity index (χ1) is 11.0. The number of halogens is 1. The van der Waals surface area contributed by atoms with Gasteiger partial charge in [-0.2, -0.15) is 0 Å². The summed E-state index contributed by atoms with van der Waals surface area (Å²) in [6.45, 7) is 1.67. The van der Waals surface area contributed by atoms with E-state index in [2.05, 4.69) is 16.0 Å². The van der Waals surface area contributed by atoms with Crippen molar-refractivity contribution >= 4 is 40.6 Å². The number of nitrogens with one attached hydrogen (secondary N) is 3. The molecule has 3 N–H and O–H groups in total. The van der Waals surface area contributed by atoms with Gasteiger partial charge in [0.05, 0.1) is 5.69 Å². The highest BCUT2D eigenvalue weighted by molar-refractivity contribution is 6.30. The minimum atomic E-state index is -0.535. The molecule has 2 aromatic carbocycles. The van der Waals surface area contributed by atoms with Crippen molar-refractivity contribution in [3.05, 3.63) is 47.5 Å². The topological polar surface area (TPSA) is 79.5 Å². The minimum absolute atomic E-state index is 0.224. The number of ether oxygens (including phenoxy) is 1. The third-order valence-electron chi connectivity index (χ3n) is 3.25. The van der Waals surface area contributed by atoms with Crippen molar-refractivity contribution in [1.29, 1.82) is 0 Å². The van der Waals surface area contributed by atoms with Crippen LogP contribution in [0, 0.1) is 0 Å². The molecule has 0 radical (unpaired) electrons. The van der Waals surface area contributed by atoms with Crippen molar-refractivity contribution in [1.82, 2.24) is 0 Å². The molecule has 0 aliphatic carbocycles. The molecule has 1 aliphatic rings. The molecule has 0 fully saturated rings. The molecular formula is C16H14ClN3O3. The summed E-state index contributed by atoms with van der Waals surface area (Å²) in [4.78, 5) is 23.6. The van der Waals surface area contributed by atoms with E-state index >= 15 is 0 Å². The molecule has 1 heterocycles. The monoisotopic (exact) mass is 331 g/mol. The van der Waals surface area contributed by atoms with Gasteiger partial charge in [-0.3, -0.25) is 4.79 Å². The first-order valence-corrected chi connectivity index (χ1v) is 7.34. The van der Waals surface area contributed by atoms with E-state index in [1.807, 2.05) is 0 Å². The molecule has 0 aromatic heterocycles. The SMILES string of the molecule is CC1Oc2ccc(NC(=O)Nc3cccc(Cl)c3)cc2NC1=O. The Morgan fingerprint density at radius 3 is 2.65 bits per heavy atom. The Morgan fingerprint density at radius 1 is 1.17 bits per heavy atom. The maximum Gasteiger partial charge on any atom is 0.323 e. The zero-order valence-electron chi connectivity index (χ0n) is 12.2. The second kappa shape index (κ2) is 6.18. The predicted molar refractivity (Wildman–Crippen MR) is 89.3 cm³/mol. The summed E-state index contributed by atoms with van der Waals surface area (Å²) >= 11 is 5.87. The maximum absolute atomic E-state index is 12.0. The van der Waals surface area contributed by atoms with E-state index in [-0.39, 0.29) is 5.91 Å². The highest BCUT2D eigenvalue weighted by atomic mass is 35.5. The molecule has 7 heteroatoms. The van der Waals surface area contributed by atoms with Crippen LogP contribution in [0.3, 0.4) is 0 Å². The van der Waals surface area contributed by atoms with Gasteiger partial charge in [-0.25, -0.2) is 4.79 Å². The fourth-order valence-corrected chi connectivity index (χ4v) is 2.34. The highest BCUT2D eigenvalue weighted by Crippen LogP contribution is 2.32. The Kier molecular flexibility index (Phi) is 4.08. The van der Waals surface area contributed by atoms with Crippen LogP contribution in [0.25, 0.3) is 0 Å². The van der Waals surface area contributed by atoms with Crippen LogP contribution in [-0.2, 0) is 4.79 Å². The Bertz CT molecular complexity index is 779. The lowest BCUT2D eigenvalue weighted by Crippen LogP contribution is -2.34. The van der Waals surface area contributed by atoms with Gasteiger partial charge in [-0.15, -0.1) is 0 Å². The molecule has 6 nitrogen and oxygen atoms in total. The number of carbonyl (C=O) groups excluding carboxylic acids is 2. The van der Waals surface area contributed by atoms with Gasteiger partial charge in [0.1, 0.15) is 5.75 Å². The van der Waals surface area contributed by atoms with E-state index < -0.39 is 12.1 Å². The number of carbonyl (C=O) groups is 2. The number of anilines is 3. The molecule has 1 aliphatic heterocycles.